The molecule has 1 aromatic heterocycles. The van der Waals surface area contributed by atoms with Crippen molar-refractivity contribution in [3.05, 3.63) is 108 Å². The van der Waals surface area contributed by atoms with E-state index in [0.29, 0.717) is 4.90 Å². The van der Waals surface area contributed by atoms with Crippen LogP contribution >= 0.6 is 0 Å². The second kappa shape index (κ2) is 12.5. The van der Waals surface area contributed by atoms with E-state index in [1.807, 2.05) is 6.07 Å². The van der Waals surface area contributed by atoms with Crippen LogP contribution in [0.5, 0.6) is 23.1 Å². The molecule has 0 aliphatic heterocycles. The van der Waals surface area contributed by atoms with E-state index < -0.39 is 18.2 Å². The molecule has 0 N–H and O–H groups in total. The van der Waals surface area contributed by atoms with Crippen LogP contribution in [0.1, 0.15) is 22.8 Å². The van der Waals surface area contributed by atoms with Gasteiger partial charge in [-0.15, -0.1) is 0 Å². The van der Waals surface area contributed by atoms with Gasteiger partial charge in [-0.3, -0.25) is 4.79 Å². The first-order valence-electron chi connectivity index (χ1n) is 11.7. The number of ether oxygens (including phenoxy) is 4. The van der Waals surface area contributed by atoms with Gasteiger partial charge in [0.05, 0.1) is 23.9 Å². The Balaban J connectivity index is 1.77. The molecule has 4 aromatic rings. The lowest BCUT2D eigenvalue weighted by molar-refractivity contribution is 0.0978. The summed E-state index contributed by atoms with van der Waals surface area (Å²) in [5.41, 5.74) is -0.135. The molecule has 0 atom stereocenters. The number of amides is 2. The van der Waals surface area contributed by atoms with Gasteiger partial charge in [-0.25, -0.2) is 19.5 Å². The van der Waals surface area contributed by atoms with Crippen LogP contribution in [0.3, 0.4) is 0 Å². The number of imide groups is 1. The summed E-state index contributed by atoms with van der Waals surface area (Å²) in [5.74, 6) is -0.819. The van der Waals surface area contributed by atoms with E-state index in [4.69, 9.17) is 18.9 Å². The van der Waals surface area contributed by atoms with Crippen molar-refractivity contribution >= 4 is 23.8 Å². The molecule has 0 bridgehead atoms. The van der Waals surface area contributed by atoms with Crippen LogP contribution in [-0.2, 0) is 0 Å². The summed E-state index contributed by atoms with van der Waals surface area (Å²) in [7, 11) is 0. The predicted octanol–water partition coefficient (Wildman–Crippen LogP) is 5.78. The normalized spacial score (nSPS) is 10.1. The molecule has 194 valence electrons. The SMILES string of the molecule is CCOc1ncccc1C(=O)N(C(=O)Oc1ccccc1)c1ccc(C#N)cc1OC(=O)Oc1ccccc1. The molecule has 4 rings (SSSR count). The van der Waals surface area contributed by atoms with Crippen LogP contribution in [0.2, 0.25) is 0 Å². The minimum atomic E-state index is -1.15. The standard InChI is InChI=1S/C29H21N3O7/c1-2-36-26-23(14-9-17-31-26)27(33)32(28(34)37-21-10-5-3-6-11-21)24-16-15-20(19-30)18-25(24)39-29(35)38-22-12-7-4-8-13-22/h3-18H,2H2,1H3. The summed E-state index contributed by atoms with van der Waals surface area (Å²) in [6, 6.07) is 24.9. The maximum Gasteiger partial charge on any atom is 0.519 e. The molecule has 1 heterocycles. The topological polar surface area (TPSA) is 128 Å². The fraction of sp³-hybridized carbons (Fsp3) is 0.0690. The zero-order valence-electron chi connectivity index (χ0n) is 20.6. The largest absolute Gasteiger partial charge is 0.519 e. The van der Waals surface area contributed by atoms with Crippen molar-refractivity contribution in [2.45, 2.75) is 6.92 Å². The maximum atomic E-state index is 13.8. The van der Waals surface area contributed by atoms with Gasteiger partial charge in [0, 0.05) is 12.3 Å². The van der Waals surface area contributed by atoms with Gasteiger partial charge in [0.2, 0.25) is 5.88 Å². The van der Waals surface area contributed by atoms with Crippen LogP contribution in [0, 0.1) is 11.3 Å². The number of nitrogens with zero attached hydrogens (tertiary/aromatic N) is 3. The van der Waals surface area contributed by atoms with Gasteiger partial charge < -0.3 is 18.9 Å². The fourth-order valence-corrected chi connectivity index (χ4v) is 3.40. The molecule has 0 unspecified atom stereocenters. The van der Waals surface area contributed by atoms with Crippen LogP contribution in [0.25, 0.3) is 0 Å². The van der Waals surface area contributed by atoms with Crippen LogP contribution in [-0.4, -0.2) is 29.7 Å². The third-order valence-corrected chi connectivity index (χ3v) is 5.08. The van der Waals surface area contributed by atoms with Gasteiger partial charge in [0.1, 0.15) is 17.1 Å². The van der Waals surface area contributed by atoms with Gasteiger partial charge in [0.25, 0.3) is 5.91 Å². The average Bonchev–Trinajstić information content (AvgIpc) is 2.95. The molecule has 0 saturated heterocycles. The van der Waals surface area contributed by atoms with E-state index in [9.17, 15) is 19.6 Å². The first kappa shape index (κ1) is 26.4. The smallest absolute Gasteiger partial charge is 0.477 e. The van der Waals surface area contributed by atoms with Crippen molar-refractivity contribution in [1.82, 2.24) is 4.98 Å². The zero-order valence-corrected chi connectivity index (χ0v) is 20.6. The van der Waals surface area contributed by atoms with Crippen molar-refractivity contribution in [2.24, 2.45) is 0 Å². The number of carbonyl (C=O) groups is 3. The van der Waals surface area contributed by atoms with Gasteiger partial charge in [-0.2, -0.15) is 5.26 Å². The first-order valence-corrected chi connectivity index (χ1v) is 11.7. The molecule has 2 amide bonds. The number of benzene rings is 3. The lowest BCUT2D eigenvalue weighted by Gasteiger charge is -2.23. The highest BCUT2D eigenvalue weighted by atomic mass is 16.7. The molecule has 0 fully saturated rings. The lowest BCUT2D eigenvalue weighted by Crippen LogP contribution is -2.40. The van der Waals surface area contributed by atoms with Crippen LogP contribution in [0.4, 0.5) is 15.3 Å². The Morgan fingerprint density at radius 1 is 0.846 bits per heavy atom. The highest BCUT2D eigenvalue weighted by Crippen LogP contribution is 2.33. The molecule has 3 aromatic carbocycles. The predicted molar refractivity (Wildman–Crippen MR) is 139 cm³/mol. The molecule has 0 saturated carbocycles. The quantitative estimate of drug-likeness (QED) is 0.219. The van der Waals surface area contributed by atoms with Gasteiger partial charge >= 0.3 is 12.2 Å². The Bertz CT molecular complexity index is 1520. The summed E-state index contributed by atoms with van der Waals surface area (Å²) in [4.78, 5) is 44.7. The van der Waals surface area contributed by atoms with Gasteiger partial charge in [-0.1, -0.05) is 36.4 Å². The van der Waals surface area contributed by atoms with Crippen molar-refractivity contribution in [1.29, 1.82) is 5.26 Å². The summed E-state index contributed by atoms with van der Waals surface area (Å²) in [6.07, 6.45) is -0.828. The Kier molecular flexibility index (Phi) is 8.46. The van der Waals surface area contributed by atoms with E-state index in [1.165, 1.54) is 48.7 Å². The van der Waals surface area contributed by atoms with Gasteiger partial charge in [0.15, 0.2) is 5.75 Å². The van der Waals surface area contributed by atoms with Crippen LogP contribution in [0.15, 0.2) is 97.2 Å². The highest BCUT2D eigenvalue weighted by Gasteiger charge is 2.32. The monoisotopic (exact) mass is 523 g/mol. The van der Waals surface area contributed by atoms with Crippen molar-refractivity contribution < 1.29 is 33.3 Å². The first-order chi connectivity index (χ1) is 19.0. The molecular weight excluding hydrogens is 502 g/mol. The lowest BCUT2D eigenvalue weighted by atomic mass is 10.1. The van der Waals surface area contributed by atoms with E-state index >= 15 is 0 Å². The summed E-state index contributed by atoms with van der Waals surface area (Å²) < 4.78 is 21.5. The Morgan fingerprint density at radius 3 is 2.15 bits per heavy atom. The number of carbonyl (C=O) groups excluding carboxylic acids is 3. The van der Waals surface area contributed by atoms with Crippen molar-refractivity contribution in [3.63, 3.8) is 0 Å². The third kappa shape index (κ3) is 6.55. The number of rotatable bonds is 7. The second-order valence-corrected chi connectivity index (χ2v) is 7.67. The fourth-order valence-electron chi connectivity index (χ4n) is 3.40. The number of pyridine rings is 1. The van der Waals surface area contributed by atoms with Crippen molar-refractivity contribution in [2.75, 3.05) is 11.5 Å². The van der Waals surface area contributed by atoms with E-state index in [0.717, 1.165) is 0 Å². The molecule has 10 nitrogen and oxygen atoms in total. The van der Waals surface area contributed by atoms with Crippen LogP contribution < -0.4 is 23.8 Å². The number of hydrogen-bond donors (Lipinski definition) is 0. The zero-order chi connectivity index (χ0) is 27.6. The Labute approximate surface area is 223 Å². The van der Waals surface area contributed by atoms with E-state index in [2.05, 4.69) is 4.98 Å². The molecule has 0 aliphatic carbocycles. The number of aromatic nitrogens is 1. The van der Waals surface area contributed by atoms with Crippen molar-refractivity contribution in [3.8, 4) is 29.2 Å². The number of hydrogen-bond acceptors (Lipinski definition) is 9. The third-order valence-electron chi connectivity index (χ3n) is 5.08. The minimum absolute atomic E-state index is 0.0119. The van der Waals surface area contributed by atoms with E-state index in [1.54, 1.807) is 55.5 Å². The number of anilines is 1. The number of nitriles is 1. The molecule has 39 heavy (non-hydrogen) atoms. The average molecular weight is 524 g/mol. The molecule has 0 aliphatic rings. The summed E-state index contributed by atoms with van der Waals surface area (Å²) in [6.45, 7) is 1.93. The molecule has 10 heteroatoms. The summed E-state index contributed by atoms with van der Waals surface area (Å²) in [5, 5.41) is 9.43. The number of para-hydroxylation sites is 2. The highest BCUT2D eigenvalue weighted by molar-refractivity contribution is 6.21. The maximum absolute atomic E-state index is 13.8. The Morgan fingerprint density at radius 2 is 1.51 bits per heavy atom. The van der Waals surface area contributed by atoms with Gasteiger partial charge in [-0.05, 0) is 55.5 Å². The molecule has 0 spiro atoms. The summed E-state index contributed by atoms with van der Waals surface area (Å²) >= 11 is 0. The molecule has 0 radical (unpaired) electrons. The Hall–Kier alpha value is -5.69. The second-order valence-electron chi connectivity index (χ2n) is 7.67. The van der Waals surface area contributed by atoms with E-state index in [-0.39, 0.29) is 46.5 Å². The minimum Gasteiger partial charge on any atom is -0.477 e. The molecular formula is C29H21N3O7.